The first-order valence-corrected chi connectivity index (χ1v) is 7.58. The normalized spacial score (nSPS) is 24.9. The predicted molar refractivity (Wildman–Crippen MR) is 80.5 cm³/mol. The third-order valence-corrected chi connectivity index (χ3v) is 4.44. The van der Waals surface area contributed by atoms with Gasteiger partial charge in [-0.1, -0.05) is 30.5 Å². The number of carbonyl (C=O) groups is 2. The number of Topliss-reactive ketones (excluding diaryl/α,β-unsaturated/α-hetero) is 1. The van der Waals surface area contributed by atoms with Crippen LogP contribution in [-0.2, 0) is 4.79 Å². The molecule has 1 saturated carbocycles. The third kappa shape index (κ3) is 2.58. The van der Waals surface area contributed by atoms with E-state index in [1.807, 2.05) is 13.0 Å². The van der Waals surface area contributed by atoms with E-state index in [1.165, 1.54) is 0 Å². The molecule has 0 heterocycles. The van der Waals surface area contributed by atoms with Gasteiger partial charge in [0.05, 0.1) is 0 Å². The molecule has 1 N–H and O–H groups in total. The minimum absolute atomic E-state index is 0.00972. The number of hydrogen-bond acceptors (Lipinski definition) is 4. The second-order valence-electron chi connectivity index (χ2n) is 5.97. The molecule has 0 spiro atoms. The van der Waals surface area contributed by atoms with Crippen LogP contribution in [0.15, 0.2) is 46.0 Å². The van der Waals surface area contributed by atoms with E-state index < -0.39 is 5.91 Å². The maximum Gasteiger partial charge on any atom is 0.295 e. The highest BCUT2D eigenvalue weighted by atomic mass is 16.3. The molecule has 1 amide bonds. The van der Waals surface area contributed by atoms with Crippen molar-refractivity contribution in [2.45, 2.75) is 32.6 Å². The van der Waals surface area contributed by atoms with Crippen molar-refractivity contribution in [3.05, 3.63) is 46.8 Å². The van der Waals surface area contributed by atoms with Crippen LogP contribution in [0.2, 0.25) is 0 Å². The Kier molecular flexibility index (Phi) is 3.88. The minimum Gasteiger partial charge on any atom is -0.510 e. The van der Waals surface area contributed by atoms with Crippen molar-refractivity contribution >= 4 is 11.7 Å². The quantitative estimate of drug-likeness (QED) is 0.844. The number of allylic oxidation sites excluding steroid dienone is 2. The zero-order valence-electron chi connectivity index (χ0n) is 12.5. The monoisotopic (exact) mass is 298 g/mol. The fourth-order valence-electron chi connectivity index (χ4n) is 3.28. The molecule has 0 aromatic heterocycles. The molecular formula is C17H18N2O3. The van der Waals surface area contributed by atoms with Crippen LogP contribution in [0.1, 0.15) is 41.6 Å². The summed E-state index contributed by atoms with van der Waals surface area (Å²) in [6.45, 7) is 1.88. The number of rotatable bonds is 2. The summed E-state index contributed by atoms with van der Waals surface area (Å²) >= 11 is 0. The molecule has 5 nitrogen and oxygen atoms in total. The molecule has 2 aliphatic rings. The third-order valence-electron chi connectivity index (χ3n) is 4.44. The number of azo groups is 1. The minimum atomic E-state index is -0.508. The van der Waals surface area contributed by atoms with Gasteiger partial charge in [0, 0.05) is 17.4 Å². The summed E-state index contributed by atoms with van der Waals surface area (Å²) in [4.78, 5) is 24.3. The molecule has 2 atom stereocenters. The van der Waals surface area contributed by atoms with Gasteiger partial charge >= 0.3 is 0 Å². The molecular weight excluding hydrogens is 280 g/mol. The predicted octanol–water partition coefficient (Wildman–Crippen LogP) is 3.75. The molecule has 0 radical (unpaired) electrons. The number of fused-ring (bicyclic) bond motifs is 1. The summed E-state index contributed by atoms with van der Waals surface area (Å²) in [5, 5.41) is 17.6. The zero-order valence-corrected chi connectivity index (χ0v) is 12.5. The van der Waals surface area contributed by atoms with E-state index in [4.69, 9.17) is 0 Å². The molecule has 0 aliphatic heterocycles. The van der Waals surface area contributed by atoms with E-state index >= 15 is 0 Å². The maximum atomic E-state index is 12.3. The van der Waals surface area contributed by atoms with Gasteiger partial charge in [0.1, 0.15) is 5.76 Å². The number of benzene rings is 1. The Labute approximate surface area is 128 Å². The van der Waals surface area contributed by atoms with Crippen molar-refractivity contribution < 1.29 is 14.7 Å². The number of aliphatic hydroxyl groups is 1. The van der Waals surface area contributed by atoms with E-state index in [9.17, 15) is 14.7 Å². The van der Waals surface area contributed by atoms with E-state index in [1.54, 1.807) is 18.2 Å². The Bertz CT molecular complexity index is 691. The highest BCUT2D eigenvalue weighted by molar-refractivity contribution is 6.01. The summed E-state index contributed by atoms with van der Waals surface area (Å²) in [5.41, 5.74) is 1.34. The van der Waals surface area contributed by atoms with Crippen molar-refractivity contribution in [1.29, 1.82) is 0 Å². The summed E-state index contributed by atoms with van der Waals surface area (Å²) < 4.78 is 0. The Morgan fingerprint density at radius 3 is 2.64 bits per heavy atom. The van der Waals surface area contributed by atoms with Crippen LogP contribution in [0.25, 0.3) is 0 Å². The highest BCUT2D eigenvalue weighted by Gasteiger charge is 2.43. The van der Waals surface area contributed by atoms with Crippen molar-refractivity contribution in [3.63, 3.8) is 0 Å². The molecule has 0 saturated heterocycles. The van der Waals surface area contributed by atoms with Gasteiger partial charge in [-0.15, -0.1) is 10.2 Å². The second kappa shape index (κ2) is 5.83. The van der Waals surface area contributed by atoms with Crippen molar-refractivity contribution in [2.24, 2.45) is 22.1 Å². The summed E-state index contributed by atoms with van der Waals surface area (Å²) in [5.74, 6) is -0.994. The molecule has 2 unspecified atom stereocenters. The summed E-state index contributed by atoms with van der Waals surface area (Å²) in [7, 11) is 0. The first kappa shape index (κ1) is 14.6. The van der Waals surface area contributed by atoms with E-state index in [-0.39, 0.29) is 29.1 Å². The lowest BCUT2D eigenvalue weighted by Crippen LogP contribution is -2.21. The number of ketones is 1. The average molecular weight is 298 g/mol. The fourth-order valence-corrected chi connectivity index (χ4v) is 3.28. The number of amides is 1. The first-order chi connectivity index (χ1) is 10.6. The largest absolute Gasteiger partial charge is 0.510 e. The Hall–Kier alpha value is -2.30. The van der Waals surface area contributed by atoms with Crippen LogP contribution in [0, 0.1) is 18.8 Å². The van der Waals surface area contributed by atoms with Crippen LogP contribution in [-0.4, -0.2) is 16.8 Å². The van der Waals surface area contributed by atoms with Crippen molar-refractivity contribution in [1.82, 2.24) is 0 Å². The van der Waals surface area contributed by atoms with Gasteiger partial charge in [0.2, 0.25) is 0 Å². The van der Waals surface area contributed by atoms with Gasteiger partial charge in [-0.3, -0.25) is 9.59 Å². The van der Waals surface area contributed by atoms with Gasteiger partial charge < -0.3 is 5.11 Å². The van der Waals surface area contributed by atoms with Gasteiger partial charge in [-0.25, -0.2) is 0 Å². The molecule has 3 rings (SSSR count). The maximum absolute atomic E-state index is 12.3. The SMILES string of the molecule is Cc1cccc(C(=O)N=NC2=C(O)C3CCCCC3C2=O)c1. The van der Waals surface area contributed by atoms with Crippen LogP contribution >= 0.6 is 0 Å². The van der Waals surface area contributed by atoms with Crippen LogP contribution in [0.4, 0.5) is 0 Å². The standard InChI is InChI=1S/C17H18N2O3/c1-10-5-4-6-11(9-10)17(22)19-18-14-15(20)12-7-2-3-8-13(12)16(14)21/h4-6,9,12-13,20H,2-3,7-8H2,1H3. The summed E-state index contributed by atoms with van der Waals surface area (Å²) in [6, 6.07) is 7.02. The fraction of sp³-hybridized carbons (Fsp3) is 0.412. The van der Waals surface area contributed by atoms with Gasteiger partial charge in [-0.2, -0.15) is 0 Å². The highest BCUT2D eigenvalue weighted by Crippen LogP contribution is 2.42. The van der Waals surface area contributed by atoms with Gasteiger partial charge in [0.15, 0.2) is 11.5 Å². The molecule has 1 fully saturated rings. The Morgan fingerprint density at radius 2 is 1.95 bits per heavy atom. The average Bonchev–Trinajstić information content (AvgIpc) is 2.77. The smallest absolute Gasteiger partial charge is 0.295 e. The molecule has 114 valence electrons. The topological polar surface area (TPSA) is 79.1 Å². The Morgan fingerprint density at radius 1 is 1.23 bits per heavy atom. The van der Waals surface area contributed by atoms with E-state index in [0.717, 1.165) is 31.2 Å². The summed E-state index contributed by atoms with van der Waals surface area (Å²) in [6.07, 6.45) is 3.57. The van der Waals surface area contributed by atoms with E-state index in [2.05, 4.69) is 10.2 Å². The lowest BCUT2D eigenvalue weighted by molar-refractivity contribution is -0.120. The molecule has 22 heavy (non-hydrogen) atoms. The first-order valence-electron chi connectivity index (χ1n) is 7.58. The lowest BCUT2D eigenvalue weighted by atomic mass is 9.80. The Balaban J connectivity index is 1.81. The van der Waals surface area contributed by atoms with Crippen LogP contribution < -0.4 is 0 Å². The van der Waals surface area contributed by atoms with Crippen molar-refractivity contribution in [2.75, 3.05) is 0 Å². The zero-order chi connectivity index (χ0) is 15.7. The molecule has 0 bridgehead atoms. The van der Waals surface area contributed by atoms with Crippen LogP contribution in [0.3, 0.4) is 0 Å². The van der Waals surface area contributed by atoms with Crippen LogP contribution in [0.5, 0.6) is 0 Å². The molecule has 1 aromatic carbocycles. The number of carbonyl (C=O) groups excluding carboxylic acids is 2. The number of hydrogen-bond donors (Lipinski definition) is 1. The number of aliphatic hydroxyl groups excluding tert-OH is 1. The second-order valence-corrected chi connectivity index (χ2v) is 5.97. The van der Waals surface area contributed by atoms with Gasteiger partial charge in [-0.05, 0) is 31.9 Å². The lowest BCUT2D eigenvalue weighted by Gasteiger charge is -2.23. The van der Waals surface area contributed by atoms with E-state index in [0.29, 0.717) is 5.56 Å². The van der Waals surface area contributed by atoms with Crippen molar-refractivity contribution in [3.8, 4) is 0 Å². The number of nitrogens with zero attached hydrogens (tertiary/aromatic N) is 2. The number of aryl methyl sites for hydroxylation is 1. The molecule has 1 aromatic rings. The molecule has 2 aliphatic carbocycles. The molecule has 5 heteroatoms. The van der Waals surface area contributed by atoms with Gasteiger partial charge in [0.25, 0.3) is 5.91 Å².